The van der Waals surface area contributed by atoms with Crippen molar-refractivity contribution in [3.8, 4) is 16.9 Å². The molecule has 2 aromatic carbocycles. The number of hydrogen-bond acceptors (Lipinski definition) is 2. The first kappa shape index (κ1) is 11.7. The van der Waals surface area contributed by atoms with Gasteiger partial charge in [-0.2, -0.15) is 0 Å². The highest BCUT2D eigenvalue weighted by Gasteiger charge is 2.10. The van der Waals surface area contributed by atoms with Crippen molar-refractivity contribution in [3.05, 3.63) is 54.1 Å². The molecule has 0 unspecified atom stereocenters. The van der Waals surface area contributed by atoms with Crippen LogP contribution in [0, 0.1) is 0 Å². The number of hydrogen-bond donors (Lipinski definition) is 1. The lowest BCUT2D eigenvalue weighted by molar-refractivity contribution is 0.401. The predicted molar refractivity (Wildman–Crippen MR) is 70.9 cm³/mol. The number of phenols is 1. The summed E-state index contributed by atoms with van der Waals surface area (Å²) in [5.74, 6) is 0.343. The van der Waals surface area contributed by atoms with Crippen LogP contribution >= 0.6 is 0 Å². The smallest absolute Gasteiger partial charge is 0.123 e. The summed E-state index contributed by atoms with van der Waals surface area (Å²) in [5, 5.41) is 10.0. The number of phenolic OH excluding ortho intramolecular Hbond substituents is 1. The SMILES string of the molecule is CN(C)Cc1cccc(O)c1-c1ccccc1. The van der Waals surface area contributed by atoms with E-state index in [1.807, 2.05) is 50.5 Å². The van der Waals surface area contributed by atoms with Gasteiger partial charge in [0.15, 0.2) is 0 Å². The second-order valence-electron chi connectivity index (χ2n) is 4.42. The summed E-state index contributed by atoms with van der Waals surface area (Å²) in [6.45, 7) is 0.818. The third-order valence-electron chi connectivity index (χ3n) is 2.68. The first-order valence-electron chi connectivity index (χ1n) is 5.69. The molecule has 0 saturated carbocycles. The van der Waals surface area contributed by atoms with Gasteiger partial charge >= 0.3 is 0 Å². The highest BCUT2D eigenvalue weighted by Crippen LogP contribution is 2.32. The fourth-order valence-electron chi connectivity index (χ4n) is 2.00. The summed E-state index contributed by atoms with van der Waals surface area (Å²) in [7, 11) is 4.05. The predicted octanol–water partition coefficient (Wildman–Crippen LogP) is 3.12. The molecule has 0 aliphatic carbocycles. The second-order valence-corrected chi connectivity index (χ2v) is 4.42. The van der Waals surface area contributed by atoms with E-state index in [1.165, 1.54) is 0 Å². The summed E-state index contributed by atoms with van der Waals surface area (Å²) >= 11 is 0. The Labute approximate surface area is 102 Å². The van der Waals surface area contributed by atoms with Gasteiger partial charge in [0.1, 0.15) is 5.75 Å². The van der Waals surface area contributed by atoms with Crippen LogP contribution in [-0.2, 0) is 6.54 Å². The molecular formula is C15H17NO. The molecule has 0 aliphatic heterocycles. The van der Waals surface area contributed by atoms with Crippen LogP contribution in [0.25, 0.3) is 11.1 Å². The molecule has 0 bridgehead atoms. The maximum absolute atomic E-state index is 10.0. The normalized spacial score (nSPS) is 10.8. The zero-order valence-electron chi connectivity index (χ0n) is 10.2. The lowest BCUT2D eigenvalue weighted by Crippen LogP contribution is -2.11. The van der Waals surface area contributed by atoms with Crippen molar-refractivity contribution in [3.63, 3.8) is 0 Å². The average molecular weight is 227 g/mol. The van der Waals surface area contributed by atoms with E-state index >= 15 is 0 Å². The highest BCUT2D eigenvalue weighted by molar-refractivity contribution is 5.73. The van der Waals surface area contributed by atoms with Crippen molar-refractivity contribution in [1.82, 2.24) is 4.90 Å². The molecule has 0 saturated heterocycles. The van der Waals surface area contributed by atoms with E-state index in [0.717, 1.165) is 23.2 Å². The van der Waals surface area contributed by atoms with Gasteiger partial charge in [-0.1, -0.05) is 42.5 Å². The van der Waals surface area contributed by atoms with E-state index in [9.17, 15) is 5.11 Å². The monoisotopic (exact) mass is 227 g/mol. The molecule has 0 fully saturated rings. The molecule has 0 atom stereocenters. The summed E-state index contributed by atoms with van der Waals surface area (Å²) in [6.07, 6.45) is 0. The van der Waals surface area contributed by atoms with Crippen LogP contribution in [0.4, 0.5) is 0 Å². The molecule has 0 aliphatic rings. The van der Waals surface area contributed by atoms with E-state index in [0.29, 0.717) is 5.75 Å². The van der Waals surface area contributed by atoms with Crippen molar-refractivity contribution in [1.29, 1.82) is 0 Å². The first-order chi connectivity index (χ1) is 8.18. The number of rotatable bonds is 3. The summed E-state index contributed by atoms with van der Waals surface area (Å²) in [4.78, 5) is 2.10. The summed E-state index contributed by atoms with van der Waals surface area (Å²) < 4.78 is 0. The van der Waals surface area contributed by atoms with Gasteiger partial charge < -0.3 is 10.0 Å². The minimum Gasteiger partial charge on any atom is -0.507 e. The van der Waals surface area contributed by atoms with E-state index in [4.69, 9.17) is 0 Å². The minimum absolute atomic E-state index is 0.343. The molecule has 0 heterocycles. The Hall–Kier alpha value is -1.80. The van der Waals surface area contributed by atoms with Crippen LogP contribution in [-0.4, -0.2) is 24.1 Å². The fourth-order valence-corrected chi connectivity index (χ4v) is 2.00. The van der Waals surface area contributed by atoms with Crippen molar-refractivity contribution < 1.29 is 5.11 Å². The molecule has 0 aromatic heterocycles. The molecule has 1 N–H and O–H groups in total. The lowest BCUT2D eigenvalue weighted by atomic mass is 9.98. The molecule has 17 heavy (non-hydrogen) atoms. The van der Waals surface area contributed by atoms with Gasteiger partial charge in [-0.25, -0.2) is 0 Å². The third-order valence-corrected chi connectivity index (χ3v) is 2.68. The van der Waals surface area contributed by atoms with Crippen LogP contribution in [0.5, 0.6) is 5.75 Å². The average Bonchev–Trinajstić information content (AvgIpc) is 2.29. The fraction of sp³-hybridized carbons (Fsp3) is 0.200. The van der Waals surface area contributed by atoms with Crippen LogP contribution in [0.15, 0.2) is 48.5 Å². The molecule has 2 aromatic rings. The zero-order valence-corrected chi connectivity index (χ0v) is 10.2. The van der Waals surface area contributed by atoms with Crippen molar-refractivity contribution in [2.45, 2.75) is 6.54 Å². The first-order valence-corrected chi connectivity index (χ1v) is 5.69. The van der Waals surface area contributed by atoms with Gasteiger partial charge in [-0.05, 0) is 31.3 Å². The number of benzene rings is 2. The Bertz CT molecular complexity index is 492. The molecule has 2 heteroatoms. The maximum atomic E-state index is 10.0. The van der Waals surface area contributed by atoms with Crippen molar-refractivity contribution in [2.24, 2.45) is 0 Å². The Morgan fingerprint density at radius 3 is 2.29 bits per heavy atom. The van der Waals surface area contributed by atoms with E-state index < -0.39 is 0 Å². The lowest BCUT2D eigenvalue weighted by Gasteiger charge is -2.15. The summed E-state index contributed by atoms with van der Waals surface area (Å²) in [5.41, 5.74) is 3.13. The number of aromatic hydroxyl groups is 1. The van der Waals surface area contributed by atoms with Gasteiger partial charge in [-0.15, -0.1) is 0 Å². The van der Waals surface area contributed by atoms with Gasteiger partial charge in [0, 0.05) is 12.1 Å². The number of nitrogens with zero attached hydrogens (tertiary/aromatic N) is 1. The Kier molecular flexibility index (Phi) is 3.45. The van der Waals surface area contributed by atoms with Crippen molar-refractivity contribution in [2.75, 3.05) is 14.1 Å². The Morgan fingerprint density at radius 2 is 1.65 bits per heavy atom. The van der Waals surface area contributed by atoms with Gasteiger partial charge in [-0.3, -0.25) is 0 Å². The molecule has 88 valence electrons. The summed E-state index contributed by atoms with van der Waals surface area (Å²) in [6, 6.07) is 15.7. The molecule has 0 spiro atoms. The molecule has 2 rings (SSSR count). The van der Waals surface area contributed by atoms with Gasteiger partial charge in [0.05, 0.1) is 0 Å². The van der Waals surface area contributed by atoms with Gasteiger partial charge in [0.25, 0.3) is 0 Å². The molecule has 2 nitrogen and oxygen atoms in total. The van der Waals surface area contributed by atoms with Crippen molar-refractivity contribution >= 4 is 0 Å². The van der Waals surface area contributed by atoms with E-state index in [1.54, 1.807) is 6.07 Å². The topological polar surface area (TPSA) is 23.5 Å². The molecule has 0 amide bonds. The van der Waals surface area contributed by atoms with E-state index in [-0.39, 0.29) is 0 Å². The van der Waals surface area contributed by atoms with Crippen LogP contribution in [0.1, 0.15) is 5.56 Å². The van der Waals surface area contributed by atoms with E-state index in [2.05, 4.69) is 11.0 Å². The molecule has 0 radical (unpaired) electrons. The Balaban J connectivity index is 2.51. The Morgan fingerprint density at radius 1 is 0.941 bits per heavy atom. The zero-order chi connectivity index (χ0) is 12.3. The quantitative estimate of drug-likeness (QED) is 0.870. The molecular weight excluding hydrogens is 210 g/mol. The second kappa shape index (κ2) is 5.02. The minimum atomic E-state index is 0.343. The van der Waals surface area contributed by atoms with Gasteiger partial charge in [0.2, 0.25) is 0 Å². The van der Waals surface area contributed by atoms with Crippen LogP contribution in [0.3, 0.4) is 0 Å². The maximum Gasteiger partial charge on any atom is 0.123 e. The highest BCUT2D eigenvalue weighted by atomic mass is 16.3. The van der Waals surface area contributed by atoms with Crippen LogP contribution in [0.2, 0.25) is 0 Å². The largest absolute Gasteiger partial charge is 0.507 e. The standard InChI is InChI=1S/C15H17NO/c1-16(2)11-13-9-6-10-14(17)15(13)12-7-4-3-5-8-12/h3-10,17H,11H2,1-2H3. The third kappa shape index (κ3) is 2.66. The van der Waals surface area contributed by atoms with Crippen LogP contribution < -0.4 is 0 Å².